The molecule has 6 nitrogen and oxygen atoms in total. The van der Waals surface area contributed by atoms with Crippen molar-refractivity contribution < 1.29 is 9.18 Å². The number of hydrogen-bond donors (Lipinski definition) is 2. The third kappa shape index (κ3) is 4.50. The first-order valence-electron chi connectivity index (χ1n) is 6.96. The molecular formula is C16H16FN3O3. The minimum Gasteiger partial charge on any atom is -0.349 e. The number of carbonyl (C=O) groups is 1. The molecule has 0 saturated carbocycles. The van der Waals surface area contributed by atoms with Gasteiger partial charge in [-0.2, -0.15) is 0 Å². The van der Waals surface area contributed by atoms with Crippen molar-refractivity contribution >= 4 is 5.91 Å². The summed E-state index contributed by atoms with van der Waals surface area (Å²) in [6.07, 6.45) is 4.86. The Kier molecular flexibility index (Phi) is 5.24. The Bertz CT molecular complexity index is 835. The summed E-state index contributed by atoms with van der Waals surface area (Å²) in [6, 6.07) is 5.24. The molecule has 7 heteroatoms. The Morgan fingerprint density at radius 3 is 2.65 bits per heavy atom. The molecule has 120 valence electrons. The largest absolute Gasteiger partial charge is 0.349 e. The van der Waals surface area contributed by atoms with Crippen molar-refractivity contribution in [2.24, 2.45) is 0 Å². The maximum atomic E-state index is 12.8. The van der Waals surface area contributed by atoms with E-state index in [1.165, 1.54) is 35.0 Å². The van der Waals surface area contributed by atoms with E-state index in [0.29, 0.717) is 11.1 Å². The number of aromatic amines is 1. The van der Waals surface area contributed by atoms with Crippen molar-refractivity contribution in [3.8, 4) is 0 Å². The van der Waals surface area contributed by atoms with Crippen molar-refractivity contribution in [1.82, 2.24) is 14.9 Å². The van der Waals surface area contributed by atoms with Crippen molar-refractivity contribution in [1.29, 1.82) is 0 Å². The average molecular weight is 317 g/mol. The first kappa shape index (κ1) is 16.4. The number of nitrogens with one attached hydrogen (secondary N) is 2. The minimum absolute atomic E-state index is 0.271. The van der Waals surface area contributed by atoms with Crippen LogP contribution in [-0.2, 0) is 6.54 Å². The number of allylic oxidation sites excluding steroid dienone is 1. The first-order chi connectivity index (χ1) is 11.0. The Labute approximate surface area is 131 Å². The van der Waals surface area contributed by atoms with E-state index >= 15 is 0 Å². The molecule has 0 aliphatic carbocycles. The summed E-state index contributed by atoms with van der Waals surface area (Å²) in [4.78, 5) is 36.8. The number of hydrogen-bond acceptors (Lipinski definition) is 3. The van der Waals surface area contributed by atoms with Gasteiger partial charge in [-0.25, -0.2) is 9.18 Å². The molecular weight excluding hydrogens is 301 g/mol. The number of amides is 1. The van der Waals surface area contributed by atoms with E-state index < -0.39 is 17.1 Å². The van der Waals surface area contributed by atoms with Gasteiger partial charge in [0.05, 0.1) is 0 Å². The van der Waals surface area contributed by atoms with Crippen LogP contribution in [0.1, 0.15) is 15.9 Å². The summed E-state index contributed by atoms with van der Waals surface area (Å²) in [6.45, 7) is 2.16. The lowest BCUT2D eigenvalue weighted by atomic mass is 10.2. The molecule has 0 atom stereocenters. The molecule has 1 aromatic heterocycles. The maximum Gasteiger partial charge on any atom is 0.328 e. The number of aromatic nitrogens is 2. The van der Waals surface area contributed by atoms with Crippen molar-refractivity contribution in [3.05, 3.63) is 80.4 Å². The van der Waals surface area contributed by atoms with E-state index in [4.69, 9.17) is 0 Å². The first-order valence-corrected chi connectivity index (χ1v) is 6.96. The van der Waals surface area contributed by atoms with Gasteiger partial charge in [-0.3, -0.25) is 19.1 Å². The molecule has 1 heterocycles. The molecule has 0 unspecified atom stereocenters. The highest BCUT2D eigenvalue weighted by Gasteiger charge is 2.03. The molecule has 0 aliphatic rings. The molecule has 1 amide bonds. The van der Waals surface area contributed by atoms with Gasteiger partial charge in [-0.1, -0.05) is 12.2 Å². The van der Waals surface area contributed by atoms with Crippen LogP contribution >= 0.6 is 0 Å². The van der Waals surface area contributed by atoms with E-state index in [0.717, 1.165) is 0 Å². The fourth-order valence-electron chi connectivity index (χ4n) is 1.88. The van der Waals surface area contributed by atoms with Crippen LogP contribution in [0.3, 0.4) is 0 Å². The summed E-state index contributed by atoms with van der Waals surface area (Å²) >= 11 is 0. The van der Waals surface area contributed by atoms with Gasteiger partial charge < -0.3 is 5.32 Å². The normalized spacial score (nSPS) is 10.9. The fourth-order valence-corrected chi connectivity index (χ4v) is 1.88. The van der Waals surface area contributed by atoms with Crippen LogP contribution in [0.4, 0.5) is 4.39 Å². The predicted molar refractivity (Wildman–Crippen MR) is 83.9 cm³/mol. The Balaban J connectivity index is 1.87. The lowest BCUT2D eigenvalue weighted by Gasteiger charge is -2.03. The Morgan fingerprint density at radius 2 is 1.96 bits per heavy atom. The van der Waals surface area contributed by atoms with Crippen LogP contribution in [-0.4, -0.2) is 22.0 Å². The summed E-state index contributed by atoms with van der Waals surface area (Å²) in [5.41, 5.74) is -0.0720. The van der Waals surface area contributed by atoms with Crippen LogP contribution in [0, 0.1) is 12.7 Å². The van der Waals surface area contributed by atoms with Gasteiger partial charge in [-0.15, -0.1) is 0 Å². The molecule has 0 saturated heterocycles. The molecule has 1 aromatic carbocycles. The van der Waals surface area contributed by atoms with Gasteiger partial charge in [0.1, 0.15) is 5.82 Å². The van der Waals surface area contributed by atoms with Crippen molar-refractivity contribution in [3.63, 3.8) is 0 Å². The predicted octanol–water partition coefficient (Wildman–Crippen LogP) is 0.970. The van der Waals surface area contributed by atoms with Gasteiger partial charge in [0, 0.05) is 30.4 Å². The summed E-state index contributed by atoms with van der Waals surface area (Å²) in [5.74, 6) is -0.713. The SMILES string of the molecule is Cc1cn(C/C=C\CNC(=O)c2ccc(F)cc2)c(=O)[nH]c1=O. The third-order valence-electron chi connectivity index (χ3n) is 3.14. The van der Waals surface area contributed by atoms with E-state index in [1.54, 1.807) is 19.1 Å². The zero-order valence-electron chi connectivity index (χ0n) is 12.5. The highest BCUT2D eigenvalue weighted by atomic mass is 19.1. The van der Waals surface area contributed by atoms with Gasteiger partial charge in [0.25, 0.3) is 11.5 Å². The number of carbonyl (C=O) groups excluding carboxylic acids is 1. The summed E-state index contributed by atoms with van der Waals surface area (Å²) in [5, 5.41) is 2.65. The number of nitrogens with zero attached hydrogens (tertiary/aromatic N) is 1. The van der Waals surface area contributed by atoms with Crippen LogP contribution in [0.15, 0.2) is 52.2 Å². The van der Waals surface area contributed by atoms with Gasteiger partial charge in [0.15, 0.2) is 0 Å². The van der Waals surface area contributed by atoms with E-state index in [2.05, 4.69) is 10.3 Å². The highest BCUT2D eigenvalue weighted by Crippen LogP contribution is 2.02. The quantitative estimate of drug-likeness (QED) is 0.806. The second-order valence-corrected chi connectivity index (χ2v) is 4.91. The van der Waals surface area contributed by atoms with Gasteiger partial charge in [-0.05, 0) is 31.2 Å². The zero-order valence-corrected chi connectivity index (χ0v) is 12.5. The van der Waals surface area contributed by atoms with E-state index in [1.807, 2.05) is 0 Å². The Hall–Kier alpha value is -2.96. The molecule has 0 fully saturated rings. The zero-order chi connectivity index (χ0) is 16.8. The maximum absolute atomic E-state index is 12.8. The summed E-state index contributed by atoms with van der Waals surface area (Å²) in [7, 11) is 0. The van der Waals surface area contributed by atoms with E-state index in [-0.39, 0.29) is 19.0 Å². The summed E-state index contributed by atoms with van der Waals surface area (Å²) < 4.78 is 14.1. The molecule has 0 radical (unpaired) electrons. The standard InChI is InChI=1S/C16H16FN3O3/c1-11-10-20(16(23)19-14(11)21)9-3-2-8-18-15(22)12-4-6-13(17)7-5-12/h2-7,10H,8-9H2,1H3,(H,18,22)(H,19,21,23)/b3-2-. The molecule has 0 aliphatic heterocycles. The number of benzene rings is 1. The molecule has 0 bridgehead atoms. The number of halogens is 1. The highest BCUT2D eigenvalue weighted by molar-refractivity contribution is 5.94. The Morgan fingerprint density at radius 1 is 1.26 bits per heavy atom. The molecule has 2 N–H and O–H groups in total. The molecule has 2 aromatic rings. The van der Waals surface area contributed by atoms with E-state index in [9.17, 15) is 18.8 Å². The topological polar surface area (TPSA) is 84.0 Å². The van der Waals surface area contributed by atoms with Crippen LogP contribution in [0.2, 0.25) is 0 Å². The van der Waals surface area contributed by atoms with Crippen LogP contribution in [0.5, 0.6) is 0 Å². The molecule has 23 heavy (non-hydrogen) atoms. The van der Waals surface area contributed by atoms with Crippen LogP contribution < -0.4 is 16.6 Å². The van der Waals surface area contributed by atoms with Crippen molar-refractivity contribution in [2.45, 2.75) is 13.5 Å². The number of H-pyrrole nitrogens is 1. The smallest absolute Gasteiger partial charge is 0.328 e. The molecule has 0 spiro atoms. The van der Waals surface area contributed by atoms with Crippen molar-refractivity contribution in [2.75, 3.05) is 6.54 Å². The minimum atomic E-state index is -0.486. The number of rotatable bonds is 5. The molecule has 2 rings (SSSR count). The van der Waals surface area contributed by atoms with Gasteiger partial charge in [0.2, 0.25) is 0 Å². The second kappa shape index (κ2) is 7.35. The average Bonchev–Trinajstić information content (AvgIpc) is 2.52. The number of aryl methyl sites for hydroxylation is 1. The fraction of sp³-hybridized carbons (Fsp3) is 0.188. The van der Waals surface area contributed by atoms with Gasteiger partial charge >= 0.3 is 5.69 Å². The third-order valence-corrected chi connectivity index (χ3v) is 3.14. The monoisotopic (exact) mass is 317 g/mol. The lowest BCUT2D eigenvalue weighted by Crippen LogP contribution is -2.30. The lowest BCUT2D eigenvalue weighted by molar-refractivity contribution is 0.0958. The van der Waals surface area contributed by atoms with Crippen LogP contribution in [0.25, 0.3) is 0 Å². The second-order valence-electron chi connectivity index (χ2n) is 4.91.